The van der Waals surface area contributed by atoms with Gasteiger partial charge in [0.05, 0.1) is 13.2 Å². The smallest absolute Gasteiger partial charge is 0.322 e. The summed E-state index contributed by atoms with van der Waals surface area (Å²) in [5.41, 5.74) is 0. The van der Waals surface area contributed by atoms with Crippen LogP contribution >= 0.6 is 0 Å². The fraction of sp³-hybridized carbons (Fsp3) is 0.833. The highest BCUT2D eigenvalue weighted by Gasteiger charge is 2.19. The Balaban J connectivity index is 3.93. The van der Waals surface area contributed by atoms with E-state index in [4.69, 9.17) is 0 Å². The molecule has 0 fully saturated rings. The van der Waals surface area contributed by atoms with E-state index < -0.39 is 12.1 Å². The molecule has 2 N–H and O–H groups in total. The van der Waals surface area contributed by atoms with Gasteiger partial charge in [-0.2, -0.15) is 0 Å². The zero-order valence-corrected chi connectivity index (χ0v) is 11.4. The summed E-state index contributed by atoms with van der Waals surface area (Å²) in [6.07, 6.45) is 0.949. The Kier molecular flexibility index (Phi) is 7.54. The van der Waals surface area contributed by atoms with Gasteiger partial charge < -0.3 is 10.1 Å². The number of ether oxygens (including phenoxy) is 1. The lowest BCUT2D eigenvalue weighted by Crippen LogP contribution is -2.48. The molecule has 17 heavy (non-hydrogen) atoms. The van der Waals surface area contributed by atoms with E-state index in [0.29, 0.717) is 12.5 Å². The molecular formula is C12H24N2O3. The van der Waals surface area contributed by atoms with Crippen LogP contribution in [0.15, 0.2) is 0 Å². The van der Waals surface area contributed by atoms with Crippen LogP contribution in [0, 0.1) is 5.92 Å². The number of hydrogen-bond acceptors (Lipinski definition) is 4. The van der Waals surface area contributed by atoms with Crippen molar-refractivity contribution < 1.29 is 14.3 Å². The Labute approximate surface area is 103 Å². The average molecular weight is 244 g/mol. The van der Waals surface area contributed by atoms with Gasteiger partial charge in [0.25, 0.3) is 0 Å². The molecule has 0 heterocycles. The molecule has 0 aliphatic rings. The lowest BCUT2D eigenvalue weighted by molar-refractivity contribution is -0.143. The largest absolute Gasteiger partial charge is 0.468 e. The fourth-order valence-corrected chi connectivity index (χ4v) is 1.33. The lowest BCUT2D eigenvalue weighted by atomic mass is 10.1. The number of amides is 1. The second-order valence-electron chi connectivity index (χ2n) is 4.61. The third-order valence-corrected chi connectivity index (χ3v) is 2.47. The second-order valence-corrected chi connectivity index (χ2v) is 4.61. The standard InChI is InChI=1S/C12H24N2O3/c1-8(2)6-7-13-11(15)9(3)14-10(4)12(16)17-5/h8-10,14H,6-7H2,1-5H3,(H,13,15). The molecule has 0 radical (unpaired) electrons. The maximum atomic E-state index is 11.6. The minimum atomic E-state index is -0.481. The van der Waals surface area contributed by atoms with E-state index in [1.54, 1.807) is 13.8 Å². The molecule has 0 bridgehead atoms. The minimum Gasteiger partial charge on any atom is -0.468 e. The molecule has 0 spiro atoms. The Morgan fingerprint density at radius 1 is 1.12 bits per heavy atom. The van der Waals surface area contributed by atoms with Gasteiger partial charge in [0.2, 0.25) is 5.91 Å². The first kappa shape index (κ1) is 15.9. The van der Waals surface area contributed by atoms with Gasteiger partial charge in [-0.15, -0.1) is 0 Å². The van der Waals surface area contributed by atoms with Crippen molar-refractivity contribution in [2.24, 2.45) is 5.92 Å². The summed E-state index contributed by atoms with van der Waals surface area (Å²) < 4.78 is 4.57. The first-order chi connectivity index (χ1) is 7.88. The molecule has 0 saturated heterocycles. The monoisotopic (exact) mass is 244 g/mol. The molecule has 0 aromatic rings. The molecular weight excluding hydrogens is 220 g/mol. The third kappa shape index (κ3) is 6.94. The van der Waals surface area contributed by atoms with Crippen LogP contribution in [0.25, 0.3) is 0 Å². The number of carbonyl (C=O) groups is 2. The number of carbonyl (C=O) groups excluding carboxylic acids is 2. The molecule has 0 aliphatic heterocycles. The van der Waals surface area contributed by atoms with E-state index in [1.807, 2.05) is 0 Å². The average Bonchev–Trinajstić information content (AvgIpc) is 2.26. The lowest BCUT2D eigenvalue weighted by Gasteiger charge is -2.18. The number of esters is 1. The quantitative estimate of drug-likeness (QED) is 0.647. The van der Waals surface area contributed by atoms with Gasteiger partial charge in [-0.25, -0.2) is 0 Å². The fourth-order valence-electron chi connectivity index (χ4n) is 1.33. The Hall–Kier alpha value is -1.10. The first-order valence-corrected chi connectivity index (χ1v) is 6.00. The van der Waals surface area contributed by atoms with Gasteiger partial charge in [0.15, 0.2) is 0 Å². The summed E-state index contributed by atoms with van der Waals surface area (Å²) in [5, 5.41) is 5.70. The summed E-state index contributed by atoms with van der Waals surface area (Å²) in [6, 6.07) is -0.887. The molecule has 0 aromatic carbocycles. The van der Waals surface area contributed by atoms with Gasteiger partial charge in [-0.1, -0.05) is 13.8 Å². The van der Waals surface area contributed by atoms with Crippen LogP contribution in [0.3, 0.4) is 0 Å². The molecule has 5 heteroatoms. The summed E-state index contributed by atoms with van der Waals surface area (Å²) in [7, 11) is 1.33. The molecule has 100 valence electrons. The molecule has 2 atom stereocenters. The van der Waals surface area contributed by atoms with Crippen LogP contribution in [0.4, 0.5) is 0 Å². The maximum Gasteiger partial charge on any atom is 0.322 e. The zero-order chi connectivity index (χ0) is 13.4. The van der Waals surface area contributed by atoms with E-state index in [0.717, 1.165) is 6.42 Å². The highest BCUT2D eigenvalue weighted by atomic mass is 16.5. The van der Waals surface area contributed by atoms with Crippen molar-refractivity contribution in [1.82, 2.24) is 10.6 Å². The van der Waals surface area contributed by atoms with Gasteiger partial charge in [-0.05, 0) is 26.2 Å². The number of methoxy groups -OCH3 is 1. The Morgan fingerprint density at radius 3 is 2.18 bits per heavy atom. The van der Waals surface area contributed by atoms with E-state index in [-0.39, 0.29) is 11.9 Å². The number of hydrogen-bond donors (Lipinski definition) is 2. The van der Waals surface area contributed by atoms with E-state index in [2.05, 4.69) is 29.2 Å². The Morgan fingerprint density at radius 2 is 1.71 bits per heavy atom. The Bertz CT molecular complexity index is 254. The van der Waals surface area contributed by atoms with E-state index in [9.17, 15) is 9.59 Å². The van der Waals surface area contributed by atoms with Crippen molar-refractivity contribution >= 4 is 11.9 Å². The van der Waals surface area contributed by atoms with Crippen LogP contribution in [0.5, 0.6) is 0 Å². The second kappa shape index (κ2) is 8.06. The normalized spacial score (nSPS) is 14.2. The van der Waals surface area contributed by atoms with Gasteiger partial charge in [0, 0.05) is 6.54 Å². The van der Waals surface area contributed by atoms with Crippen molar-refractivity contribution in [3.8, 4) is 0 Å². The van der Waals surface area contributed by atoms with Crippen molar-refractivity contribution in [2.45, 2.75) is 46.2 Å². The highest BCUT2D eigenvalue weighted by Crippen LogP contribution is 1.97. The van der Waals surface area contributed by atoms with Crippen LogP contribution in [-0.4, -0.2) is 37.6 Å². The summed E-state index contributed by atoms with van der Waals surface area (Å²) >= 11 is 0. The van der Waals surface area contributed by atoms with Gasteiger partial charge >= 0.3 is 5.97 Å². The third-order valence-electron chi connectivity index (χ3n) is 2.47. The maximum absolute atomic E-state index is 11.6. The molecule has 0 aromatic heterocycles. The van der Waals surface area contributed by atoms with E-state index >= 15 is 0 Å². The first-order valence-electron chi connectivity index (χ1n) is 6.00. The van der Waals surface area contributed by atoms with Crippen molar-refractivity contribution in [2.75, 3.05) is 13.7 Å². The van der Waals surface area contributed by atoms with Crippen LogP contribution < -0.4 is 10.6 Å². The van der Waals surface area contributed by atoms with Crippen molar-refractivity contribution in [1.29, 1.82) is 0 Å². The molecule has 0 rings (SSSR count). The van der Waals surface area contributed by atoms with Crippen LogP contribution in [-0.2, 0) is 14.3 Å². The predicted octanol–water partition coefficient (Wildman–Crippen LogP) is 0.688. The van der Waals surface area contributed by atoms with E-state index in [1.165, 1.54) is 7.11 Å². The van der Waals surface area contributed by atoms with Gasteiger partial charge in [0.1, 0.15) is 6.04 Å². The predicted molar refractivity (Wildman–Crippen MR) is 66.5 cm³/mol. The topological polar surface area (TPSA) is 67.4 Å². The summed E-state index contributed by atoms with van der Waals surface area (Å²) in [4.78, 5) is 22.8. The van der Waals surface area contributed by atoms with Crippen molar-refractivity contribution in [3.05, 3.63) is 0 Å². The highest BCUT2D eigenvalue weighted by molar-refractivity contribution is 5.82. The summed E-state index contributed by atoms with van der Waals surface area (Å²) in [5.74, 6) is 0.0980. The number of rotatable bonds is 7. The van der Waals surface area contributed by atoms with Crippen LogP contribution in [0.1, 0.15) is 34.1 Å². The zero-order valence-electron chi connectivity index (χ0n) is 11.4. The molecule has 0 aliphatic carbocycles. The van der Waals surface area contributed by atoms with Gasteiger partial charge in [-0.3, -0.25) is 14.9 Å². The minimum absolute atomic E-state index is 0.0959. The molecule has 5 nitrogen and oxygen atoms in total. The molecule has 1 amide bonds. The summed E-state index contributed by atoms with van der Waals surface area (Å²) in [6.45, 7) is 8.27. The molecule has 2 unspecified atom stereocenters. The SMILES string of the molecule is COC(=O)C(C)NC(C)C(=O)NCCC(C)C. The molecule has 0 saturated carbocycles. The van der Waals surface area contributed by atoms with Crippen molar-refractivity contribution in [3.63, 3.8) is 0 Å². The van der Waals surface area contributed by atoms with Crippen LogP contribution in [0.2, 0.25) is 0 Å². The number of nitrogens with one attached hydrogen (secondary N) is 2.